The summed E-state index contributed by atoms with van der Waals surface area (Å²) in [6.45, 7) is 10.4. The van der Waals surface area contributed by atoms with E-state index in [1.807, 2.05) is 30.3 Å². The van der Waals surface area contributed by atoms with Gasteiger partial charge in [0.15, 0.2) is 0 Å². The molecular weight excluding hydrogens is 310 g/mol. The van der Waals surface area contributed by atoms with Crippen molar-refractivity contribution in [3.8, 4) is 0 Å². The Hall–Kier alpha value is -0.821. The molecule has 0 aliphatic rings. The molecule has 0 spiro atoms. The zero-order valence-corrected chi connectivity index (χ0v) is 15.5. The normalized spacial score (nSPS) is 10.0. The maximum atomic E-state index is 2.61. The third-order valence-electron chi connectivity index (χ3n) is 3.76. The summed E-state index contributed by atoms with van der Waals surface area (Å²) >= 11 is 0. The fraction of sp³-hybridized carbons (Fsp3) is 0.500. The van der Waals surface area contributed by atoms with Crippen LogP contribution in [0.2, 0.25) is 0 Å². The zero-order valence-electron chi connectivity index (χ0n) is 14.4. The molecule has 0 saturated heterocycles. The second kappa shape index (κ2) is 13.8. The van der Waals surface area contributed by atoms with Gasteiger partial charge >= 0.3 is 17.1 Å². The molecule has 22 heavy (non-hydrogen) atoms. The smallest absolute Gasteiger partial charge is 0.310 e. The molecule has 0 N–H and O–H groups in total. The molecule has 1 nitrogen and oxygen atoms in total. The SMILES string of the molecule is CCCCN(CCCC)C[c-]1cccc1C.[Fe+2].c1cc[cH-]c1. The predicted octanol–water partition coefficient (Wildman–Crippen LogP) is 5.52. The molecule has 2 rings (SSSR count). The molecule has 0 atom stereocenters. The van der Waals surface area contributed by atoms with E-state index >= 15 is 0 Å². The predicted molar refractivity (Wildman–Crippen MR) is 93.9 cm³/mol. The largest absolute Gasteiger partial charge is 2.00 e. The van der Waals surface area contributed by atoms with Crippen LogP contribution in [-0.2, 0) is 23.6 Å². The van der Waals surface area contributed by atoms with Gasteiger partial charge in [0.05, 0.1) is 0 Å². The van der Waals surface area contributed by atoms with E-state index in [4.69, 9.17) is 0 Å². The summed E-state index contributed by atoms with van der Waals surface area (Å²) < 4.78 is 0. The zero-order chi connectivity index (χ0) is 15.3. The maximum Gasteiger partial charge on any atom is 2.00 e. The van der Waals surface area contributed by atoms with Gasteiger partial charge in [0, 0.05) is 0 Å². The average molecular weight is 341 g/mol. The third-order valence-corrected chi connectivity index (χ3v) is 3.76. The molecule has 0 fully saturated rings. The quantitative estimate of drug-likeness (QED) is 0.451. The standard InChI is InChI=1S/C15H26N.C5H5.Fe/c1-4-6-11-16(12-7-5-2)13-15-10-8-9-14(15)3;1-2-4-5-3-1;/h8-10H,4-7,11-13H2,1-3H3;1-5H;/q2*-1;+2. The molecule has 0 bridgehead atoms. The van der Waals surface area contributed by atoms with Crippen molar-refractivity contribution in [2.24, 2.45) is 0 Å². The second-order valence-electron chi connectivity index (χ2n) is 5.68. The summed E-state index contributed by atoms with van der Waals surface area (Å²) in [7, 11) is 0. The van der Waals surface area contributed by atoms with Gasteiger partial charge < -0.3 is 4.90 Å². The van der Waals surface area contributed by atoms with Gasteiger partial charge in [-0.05, 0) is 32.5 Å². The average Bonchev–Trinajstić information content (AvgIpc) is 3.17. The van der Waals surface area contributed by atoms with E-state index in [1.165, 1.54) is 49.9 Å². The van der Waals surface area contributed by atoms with E-state index < -0.39 is 0 Å². The van der Waals surface area contributed by atoms with Gasteiger partial charge in [-0.2, -0.15) is 29.8 Å². The fourth-order valence-corrected chi connectivity index (χ4v) is 2.32. The summed E-state index contributed by atoms with van der Waals surface area (Å²) in [6.07, 6.45) is 5.23. The topological polar surface area (TPSA) is 3.24 Å². The summed E-state index contributed by atoms with van der Waals surface area (Å²) in [5, 5.41) is 0. The van der Waals surface area contributed by atoms with E-state index in [1.54, 1.807) is 0 Å². The van der Waals surface area contributed by atoms with Gasteiger partial charge in [0.2, 0.25) is 0 Å². The van der Waals surface area contributed by atoms with Crippen molar-refractivity contribution in [1.29, 1.82) is 0 Å². The Labute approximate surface area is 147 Å². The van der Waals surface area contributed by atoms with Crippen molar-refractivity contribution in [3.05, 3.63) is 59.7 Å². The van der Waals surface area contributed by atoms with Crippen molar-refractivity contribution >= 4 is 0 Å². The van der Waals surface area contributed by atoms with Crippen LogP contribution in [0.15, 0.2) is 48.5 Å². The molecule has 124 valence electrons. The summed E-state index contributed by atoms with van der Waals surface area (Å²) in [5.74, 6) is 0. The minimum absolute atomic E-state index is 0. The molecule has 0 saturated carbocycles. The van der Waals surface area contributed by atoms with Crippen molar-refractivity contribution in [2.75, 3.05) is 13.1 Å². The minimum Gasteiger partial charge on any atom is -0.310 e. The van der Waals surface area contributed by atoms with E-state index in [0.29, 0.717) is 0 Å². The van der Waals surface area contributed by atoms with Crippen molar-refractivity contribution in [2.45, 2.75) is 53.0 Å². The number of unbranched alkanes of at least 4 members (excludes halogenated alkanes) is 2. The Balaban J connectivity index is 0.000000622. The Morgan fingerprint density at radius 2 is 1.59 bits per heavy atom. The Morgan fingerprint density at radius 1 is 1.00 bits per heavy atom. The van der Waals surface area contributed by atoms with Crippen LogP contribution in [0.25, 0.3) is 0 Å². The molecule has 2 aromatic carbocycles. The van der Waals surface area contributed by atoms with Crippen LogP contribution in [0.4, 0.5) is 0 Å². The first-order valence-corrected chi connectivity index (χ1v) is 8.38. The fourth-order valence-electron chi connectivity index (χ4n) is 2.32. The molecule has 0 aliphatic heterocycles. The summed E-state index contributed by atoms with van der Waals surface area (Å²) in [4.78, 5) is 2.61. The van der Waals surface area contributed by atoms with Gasteiger partial charge in [0.1, 0.15) is 0 Å². The molecule has 0 radical (unpaired) electrons. The molecule has 0 heterocycles. The van der Waals surface area contributed by atoms with Crippen LogP contribution in [0.1, 0.15) is 50.7 Å². The molecule has 2 heteroatoms. The molecule has 0 aromatic heterocycles. The van der Waals surface area contributed by atoms with Crippen LogP contribution in [0.3, 0.4) is 0 Å². The van der Waals surface area contributed by atoms with Gasteiger partial charge in [-0.15, -0.1) is 5.56 Å². The molecule has 2 aromatic rings. The van der Waals surface area contributed by atoms with E-state index in [-0.39, 0.29) is 17.1 Å². The number of aryl methyl sites for hydroxylation is 1. The molecule has 0 aliphatic carbocycles. The molecular formula is C20H31FeN. The number of rotatable bonds is 8. The summed E-state index contributed by atoms with van der Waals surface area (Å²) in [6, 6.07) is 16.6. The first-order chi connectivity index (χ1) is 10.3. The minimum atomic E-state index is 0. The van der Waals surface area contributed by atoms with E-state index in [2.05, 4.69) is 43.9 Å². The monoisotopic (exact) mass is 341 g/mol. The van der Waals surface area contributed by atoms with E-state index in [9.17, 15) is 0 Å². The van der Waals surface area contributed by atoms with Gasteiger partial charge in [-0.3, -0.25) is 0 Å². The van der Waals surface area contributed by atoms with Gasteiger partial charge in [-0.25, -0.2) is 24.3 Å². The first kappa shape index (κ1) is 21.2. The first-order valence-electron chi connectivity index (χ1n) is 8.38. The third kappa shape index (κ3) is 9.25. The van der Waals surface area contributed by atoms with Crippen molar-refractivity contribution < 1.29 is 17.1 Å². The van der Waals surface area contributed by atoms with Crippen LogP contribution < -0.4 is 0 Å². The maximum absolute atomic E-state index is 2.61. The van der Waals surface area contributed by atoms with E-state index in [0.717, 1.165) is 6.54 Å². The second-order valence-corrected chi connectivity index (χ2v) is 5.68. The molecule has 0 unspecified atom stereocenters. The number of hydrogen-bond donors (Lipinski definition) is 0. The number of hydrogen-bond acceptors (Lipinski definition) is 1. The Morgan fingerprint density at radius 3 is 1.95 bits per heavy atom. The Kier molecular flexibility index (Phi) is 13.3. The van der Waals surface area contributed by atoms with Crippen LogP contribution in [0, 0.1) is 6.92 Å². The molecule has 0 amide bonds. The van der Waals surface area contributed by atoms with Crippen LogP contribution in [-0.4, -0.2) is 18.0 Å². The summed E-state index contributed by atoms with van der Waals surface area (Å²) in [5.41, 5.74) is 2.95. The van der Waals surface area contributed by atoms with Crippen molar-refractivity contribution in [1.82, 2.24) is 4.90 Å². The van der Waals surface area contributed by atoms with Crippen molar-refractivity contribution in [3.63, 3.8) is 0 Å². The van der Waals surface area contributed by atoms with Gasteiger partial charge in [0.25, 0.3) is 0 Å². The van der Waals surface area contributed by atoms with Crippen LogP contribution >= 0.6 is 0 Å². The van der Waals surface area contributed by atoms with Gasteiger partial charge in [-0.1, -0.05) is 33.6 Å². The number of nitrogens with zero attached hydrogens (tertiary/aromatic N) is 1. The van der Waals surface area contributed by atoms with Crippen LogP contribution in [0.5, 0.6) is 0 Å². The Bertz CT molecular complexity index is 405.